The first-order chi connectivity index (χ1) is 9.56. The SMILES string of the molecule is COC(=O)N1C(=O)CC(=O)CN1c1ccc(C#N)nc1. The molecule has 1 aliphatic heterocycles. The highest BCUT2D eigenvalue weighted by molar-refractivity contribution is 6.08. The molecule has 0 atom stereocenters. The molecule has 1 fully saturated rings. The van der Waals surface area contributed by atoms with Crippen molar-refractivity contribution in [2.45, 2.75) is 6.42 Å². The molecule has 8 nitrogen and oxygen atoms in total. The highest BCUT2D eigenvalue weighted by atomic mass is 16.5. The largest absolute Gasteiger partial charge is 0.451 e. The summed E-state index contributed by atoms with van der Waals surface area (Å²) in [6.45, 7) is -0.144. The number of carbonyl (C=O) groups is 3. The Labute approximate surface area is 114 Å². The van der Waals surface area contributed by atoms with Crippen LogP contribution in [-0.2, 0) is 14.3 Å². The zero-order valence-electron chi connectivity index (χ0n) is 10.6. The van der Waals surface area contributed by atoms with Gasteiger partial charge in [0.05, 0.1) is 32.0 Å². The average Bonchev–Trinajstić information content (AvgIpc) is 2.46. The summed E-state index contributed by atoms with van der Waals surface area (Å²) in [5.74, 6) is -0.989. The number of methoxy groups -OCH3 is 1. The Morgan fingerprint density at radius 2 is 2.20 bits per heavy atom. The van der Waals surface area contributed by atoms with Crippen LogP contribution in [0.3, 0.4) is 0 Å². The monoisotopic (exact) mass is 274 g/mol. The van der Waals surface area contributed by atoms with Gasteiger partial charge in [-0.3, -0.25) is 14.6 Å². The number of nitriles is 1. The Morgan fingerprint density at radius 3 is 2.75 bits per heavy atom. The number of hydrogen-bond acceptors (Lipinski definition) is 7. The number of rotatable bonds is 1. The molecule has 2 heterocycles. The first kappa shape index (κ1) is 13.5. The van der Waals surface area contributed by atoms with Crippen molar-refractivity contribution in [3.8, 4) is 6.07 Å². The van der Waals surface area contributed by atoms with Crippen LogP contribution in [0.4, 0.5) is 10.5 Å². The fourth-order valence-electron chi connectivity index (χ4n) is 1.77. The summed E-state index contributed by atoms with van der Waals surface area (Å²) in [6.07, 6.45) is 0.0715. The molecule has 2 amide bonds. The summed E-state index contributed by atoms with van der Waals surface area (Å²) in [5, 5.41) is 10.6. The number of hydrazine groups is 1. The van der Waals surface area contributed by atoms with E-state index in [4.69, 9.17) is 5.26 Å². The molecule has 20 heavy (non-hydrogen) atoms. The fraction of sp³-hybridized carbons (Fsp3) is 0.250. The third-order valence-corrected chi connectivity index (χ3v) is 2.66. The maximum Gasteiger partial charge on any atom is 0.435 e. The Balaban J connectivity index is 2.37. The van der Waals surface area contributed by atoms with E-state index < -0.39 is 12.0 Å². The van der Waals surface area contributed by atoms with Gasteiger partial charge in [-0.1, -0.05) is 0 Å². The second-order valence-electron chi connectivity index (χ2n) is 3.96. The van der Waals surface area contributed by atoms with Crippen molar-refractivity contribution in [2.75, 3.05) is 18.7 Å². The van der Waals surface area contributed by atoms with Gasteiger partial charge in [0.2, 0.25) is 0 Å². The van der Waals surface area contributed by atoms with Gasteiger partial charge in [0.25, 0.3) is 5.91 Å². The molecule has 0 bridgehead atoms. The Morgan fingerprint density at radius 1 is 1.45 bits per heavy atom. The Hall–Kier alpha value is -2.95. The Bertz CT molecular complexity index is 605. The lowest BCUT2D eigenvalue weighted by molar-refractivity contribution is -0.137. The summed E-state index contributed by atoms with van der Waals surface area (Å²) in [6, 6.07) is 4.77. The first-order valence-electron chi connectivity index (χ1n) is 5.63. The number of ketones is 1. The smallest absolute Gasteiger partial charge is 0.435 e. The number of imide groups is 1. The maximum atomic E-state index is 11.8. The van der Waals surface area contributed by atoms with Crippen LogP contribution in [0.25, 0.3) is 0 Å². The molecule has 1 aromatic heterocycles. The van der Waals surface area contributed by atoms with E-state index in [1.54, 1.807) is 0 Å². The first-order valence-corrected chi connectivity index (χ1v) is 5.63. The van der Waals surface area contributed by atoms with Crippen LogP contribution >= 0.6 is 0 Å². The number of aromatic nitrogens is 1. The number of carbonyl (C=O) groups excluding carboxylic acids is 3. The van der Waals surface area contributed by atoms with E-state index in [2.05, 4.69) is 9.72 Å². The minimum atomic E-state index is -0.883. The zero-order valence-corrected chi connectivity index (χ0v) is 10.6. The van der Waals surface area contributed by atoms with Crippen molar-refractivity contribution in [2.24, 2.45) is 0 Å². The quantitative estimate of drug-likeness (QED) is 0.675. The summed E-state index contributed by atoms with van der Waals surface area (Å²) in [4.78, 5) is 38.8. The summed E-state index contributed by atoms with van der Waals surface area (Å²) in [7, 11) is 1.14. The molecule has 0 unspecified atom stereocenters. The number of anilines is 1. The summed E-state index contributed by atoms with van der Waals surface area (Å²) < 4.78 is 4.53. The van der Waals surface area contributed by atoms with E-state index in [1.165, 1.54) is 23.3 Å². The second-order valence-corrected chi connectivity index (χ2v) is 3.96. The average molecular weight is 274 g/mol. The molecule has 1 saturated heterocycles. The fourth-order valence-corrected chi connectivity index (χ4v) is 1.77. The van der Waals surface area contributed by atoms with Gasteiger partial charge >= 0.3 is 6.09 Å². The number of pyridine rings is 1. The third-order valence-electron chi connectivity index (χ3n) is 2.66. The normalized spacial score (nSPS) is 15.0. The number of hydrogen-bond donors (Lipinski definition) is 0. The van der Waals surface area contributed by atoms with Gasteiger partial charge in [-0.2, -0.15) is 10.3 Å². The van der Waals surface area contributed by atoms with E-state index in [0.29, 0.717) is 5.69 Å². The van der Waals surface area contributed by atoms with Crippen LogP contribution in [0.2, 0.25) is 0 Å². The lowest BCUT2D eigenvalue weighted by Crippen LogP contribution is -2.56. The molecular weight excluding hydrogens is 264 g/mol. The molecule has 0 aliphatic carbocycles. The van der Waals surface area contributed by atoms with Crippen LogP contribution in [-0.4, -0.2) is 41.4 Å². The van der Waals surface area contributed by atoms with Crippen molar-refractivity contribution >= 4 is 23.5 Å². The second kappa shape index (κ2) is 5.36. The number of ether oxygens (including phenoxy) is 1. The van der Waals surface area contributed by atoms with Gasteiger partial charge in [0.15, 0.2) is 5.78 Å². The van der Waals surface area contributed by atoms with E-state index in [0.717, 1.165) is 12.1 Å². The van der Waals surface area contributed by atoms with E-state index in [9.17, 15) is 14.4 Å². The molecule has 2 rings (SSSR count). The predicted octanol–water partition coefficient (Wildman–Crippen LogP) is 0.242. The van der Waals surface area contributed by atoms with Gasteiger partial charge in [0, 0.05) is 0 Å². The standard InChI is InChI=1S/C12H10N4O4/c1-20-12(19)16-11(18)4-10(17)7-15(16)9-3-2-8(5-13)14-6-9/h2-3,6H,4,7H2,1H3. The van der Waals surface area contributed by atoms with Gasteiger partial charge in [0.1, 0.15) is 11.8 Å². The van der Waals surface area contributed by atoms with Crippen molar-refractivity contribution in [1.82, 2.24) is 9.99 Å². The predicted molar refractivity (Wildman–Crippen MR) is 65.2 cm³/mol. The molecule has 1 aromatic rings. The van der Waals surface area contributed by atoms with Crippen molar-refractivity contribution in [3.63, 3.8) is 0 Å². The van der Waals surface area contributed by atoms with Crippen LogP contribution in [0, 0.1) is 11.3 Å². The summed E-state index contributed by atoms with van der Waals surface area (Å²) >= 11 is 0. The maximum absolute atomic E-state index is 11.8. The molecular formula is C12H10N4O4. The highest BCUT2D eigenvalue weighted by Gasteiger charge is 2.36. The minimum absolute atomic E-state index is 0.144. The zero-order chi connectivity index (χ0) is 14.7. The van der Waals surface area contributed by atoms with Crippen molar-refractivity contribution in [3.05, 3.63) is 24.0 Å². The van der Waals surface area contributed by atoms with Crippen LogP contribution in [0.15, 0.2) is 18.3 Å². The highest BCUT2D eigenvalue weighted by Crippen LogP contribution is 2.20. The van der Waals surface area contributed by atoms with Crippen LogP contribution < -0.4 is 5.01 Å². The molecule has 0 aromatic carbocycles. The molecule has 0 spiro atoms. The van der Waals surface area contributed by atoms with E-state index in [-0.39, 0.29) is 24.4 Å². The number of nitrogens with zero attached hydrogens (tertiary/aromatic N) is 4. The molecule has 8 heteroatoms. The number of amides is 2. The Kier molecular flexibility index (Phi) is 3.61. The van der Waals surface area contributed by atoms with Crippen LogP contribution in [0.5, 0.6) is 0 Å². The lowest BCUT2D eigenvalue weighted by atomic mass is 10.2. The van der Waals surface area contributed by atoms with E-state index >= 15 is 0 Å². The summed E-state index contributed by atoms with van der Waals surface area (Å²) in [5.41, 5.74) is 0.531. The topological polar surface area (TPSA) is 104 Å². The number of Topliss-reactive ketones (excluding diaryl/α,β-unsaturated/α-hetero) is 1. The molecule has 0 radical (unpaired) electrons. The van der Waals surface area contributed by atoms with Gasteiger partial charge < -0.3 is 4.74 Å². The molecule has 0 saturated carbocycles. The lowest BCUT2D eigenvalue weighted by Gasteiger charge is -2.35. The van der Waals surface area contributed by atoms with Crippen molar-refractivity contribution in [1.29, 1.82) is 5.26 Å². The van der Waals surface area contributed by atoms with E-state index in [1.807, 2.05) is 6.07 Å². The van der Waals surface area contributed by atoms with Crippen LogP contribution in [0.1, 0.15) is 12.1 Å². The molecule has 102 valence electrons. The van der Waals surface area contributed by atoms with Crippen molar-refractivity contribution < 1.29 is 19.1 Å². The molecule has 0 N–H and O–H groups in total. The minimum Gasteiger partial charge on any atom is -0.451 e. The van der Waals surface area contributed by atoms with Gasteiger partial charge in [-0.05, 0) is 12.1 Å². The third kappa shape index (κ3) is 2.42. The van der Waals surface area contributed by atoms with Gasteiger partial charge in [-0.15, -0.1) is 0 Å². The molecule has 1 aliphatic rings. The van der Waals surface area contributed by atoms with Gasteiger partial charge in [-0.25, -0.2) is 9.78 Å².